The van der Waals surface area contributed by atoms with Crippen molar-refractivity contribution in [3.8, 4) is 0 Å². The smallest absolute Gasteiger partial charge is 0.210 e. The Labute approximate surface area is 99.9 Å². The van der Waals surface area contributed by atoms with Crippen molar-refractivity contribution in [2.75, 3.05) is 17.6 Å². The van der Waals surface area contributed by atoms with Crippen LogP contribution in [0.4, 0.5) is 5.69 Å². The fraction of sp³-hybridized carbons (Fsp3) is 0.222. The molecule has 7 nitrogen and oxygen atoms in total. The van der Waals surface area contributed by atoms with Crippen LogP contribution < -0.4 is 21.7 Å². The molecule has 0 bridgehead atoms. The van der Waals surface area contributed by atoms with E-state index in [0.717, 1.165) is 5.69 Å². The van der Waals surface area contributed by atoms with Gasteiger partial charge in [-0.2, -0.15) is 0 Å². The number of primary sulfonamides is 1. The average molecular weight is 257 g/mol. The summed E-state index contributed by atoms with van der Waals surface area (Å²) < 4.78 is 21.4. The number of aliphatic imine (C=N–C) groups is 1. The van der Waals surface area contributed by atoms with Gasteiger partial charge in [-0.15, -0.1) is 0 Å². The molecule has 0 spiro atoms. The summed E-state index contributed by atoms with van der Waals surface area (Å²) in [5, 5.41) is 7.74. The lowest BCUT2D eigenvalue weighted by Crippen LogP contribution is -2.36. The highest BCUT2D eigenvalue weighted by Gasteiger charge is 2.02. The Morgan fingerprint density at radius 1 is 1.29 bits per heavy atom. The molecule has 1 rings (SSSR count). The van der Waals surface area contributed by atoms with Crippen LogP contribution in [0.15, 0.2) is 35.3 Å². The summed E-state index contributed by atoms with van der Waals surface area (Å²) in [6.45, 7) is 0.0399. The van der Waals surface area contributed by atoms with E-state index in [-0.39, 0.29) is 18.3 Å². The summed E-state index contributed by atoms with van der Waals surface area (Å²) in [5.41, 5.74) is 3.13. The molecular weight excluding hydrogens is 242 g/mol. The van der Waals surface area contributed by atoms with Crippen LogP contribution in [0.5, 0.6) is 0 Å². The highest BCUT2D eigenvalue weighted by Crippen LogP contribution is 2.03. The molecular formula is C9H15N5O2S. The van der Waals surface area contributed by atoms with E-state index in [0.29, 0.717) is 0 Å². The van der Waals surface area contributed by atoms with Crippen molar-refractivity contribution in [1.82, 2.24) is 5.43 Å². The van der Waals surface area contributed by atoms with E-state index in [1.165, 1.54) is 0 Å². The molecule has 0 unspecified atom stereocenters. The standard InChI is InChI=1S/C9H15N5O2S/c10-14-9(12-6-7-17(11,15)16)13-8-4-2-1-3-5-8/h1-5H,6-7,10H2,(H2,11,15,16)(H2,12,13,14). The minimum atomic E-state index is -3.50. The molecule has 0 aliphatic rings. The highest BCUT2D eigenvalue weighted by molar-refractivity contribution is 7.89. The van der Waals surface area contributed by atoms with Gasteiger partial charge in [0, 0.05) is 5.69 Å². The van der Waals surface area contributed by atoms with Gasteiger partial charge >= 0.3 is 0 Å². The Hall–Kier alpha value is -1.64. The van der Waals surface area contributed by atoms with Crippen molar-refractivity contribution in [3.05, 3.63) is 30.3 Å². The normalized spacial score (nSPS) is 12.2. The first kappa shape index (κ1) is 13.4. The third kappa shape index (κ3) is 5.85. The highest BCUT2D eigenvalue weighted by atomic mass is 32.2. The van der Waals surface area contributed by atoms with E-state index in [9.17, 15) is 8.42 Å². The Morgan fingerprint density at radius 2 is 1.94 bits per heavy atom. The van der Waals surface area contributed by atoms with Crippen molar-refractivity contribution in [3.63, 3.8) is 0 Å². The summed E-state index contributed by atoms with van der Waals surface area (Å²) in [7, 11) is -3.50. The van der Waals surface area contributed by atoms with Crippen LogP contribution in [0.25, 0.3) is 0 Å². The number of nitrogens with zero attached hydrogens (tertiary/aromatic N) is 1. The molecule has 17 heavy (non-hydrogen) atoms. The Kier molecular flexibility index (Phi) is 4.88. The van der Waals surface area contributed by atoms with Gasteiger partial charge in [0.25, 0.3) is 0 Å². The minimum absolute atomic E-state index is 0.0399. The molecule has 6 N–H and O–H groups in total. The van der Waals surface area contributed by atoms with Gasteiger partial charge in [0.15, 0.2) is 0 Å². The zero-order valence-corrected chi connectivity index (χ0v) is 9.94. The van der Waals surface area contributed by atoms with E-state index in [2.05, 4.69) is 15.7 Å². The number of nitrogens with one attached hydrogen (secondary N) is 2. The van der Waals surface area contributed by atoms with Crippen LogP contribution in [0.3, 0.4) is 0 Å². The van der Waals surface area contributed by atoms with Crippen molar-refractivity contribution < 1.29 is 8.42 Å². The number of rotatable bonds is 4. The zero-order chi connectivity index (χ0) is 12.7. The summed E-state index contributed by atoms with van der Waals surface area (Å²) >= 11 is 0. The molecule has 1 aromatic rings. The first-order chi connectivity index (χ1) is 8.01. The fourth-order valence-electron chi connectivity index (χ4n) is 1.06. The van der Waals surface area contributed by atoms with E-state index in [1.54, 1.807) is 0 Å². The second-order valence-corrected chi connectivity index (χ2v) is 4.97. The zero-order valence-electron chi connectivity index (χ0n) is 9.13. The van der Waals surface area contributed by atoms with Crippen LogP contribution in [-0.4, -0.2) is 26.7 Å². The van der Waals surface area contributed by atoms with E-state index >= 15 is 0 Å². The Balaban J connectivity index is 2.57. The molecule has 8 heteroatoms. The lowest BCUT2D eigenvalue weighted by molar-refractivity contribution is 0.597. The number of benzene rings is 1. The van der Waals surface area contributed by atoms with E-state index in [4.69, 9.17) is 11.0 Å². The predicted octanol–water partition coefficient (Wildman–Crippen LogP) is -0.794. The molecule has 0 fully saturated rings. The first-order valence-electron chi connectivity index (χ1n) is 4.85. The second-order valence-electron chi connectivity index (χ2n) is 3.23. The molecule has 0 heterocycles. The van der Waals surface area contributed by atoms with Crippen molar-refractivity contribution >= 4 is 21.7 Å². The van der Waals surface area contributed by atoms with Gasteiger partial charge in [0.1, 0.15) is 0 Å². The molecule has 0 amide bonds. The minimum Gasteiger partial charge on any atom is -0.325 e. The predicted molar refractivity (Wildman–Crippen MR) is 67.7 cm³/mol. The summed E-state index contributed by atoms with van der Waals surface area (Å²) in [6.07, 6.45) is 0. The molecule has 0 saturated heterocycles. The van der Waals surface area contributed by atoms with Gasteiger partial charge in [-0.05, 0) is 12.1 Å². The van der Waals surface area contributed by atoms with Crippen LogP contribution in [-0.2, 0) is 10.0 Å². The molecule has 0 aliphatic carbocycles. The van der Waals surface area contributed by atoms with Gasteiger partial charge in [-0.25, -0.2) is 19.4 Å². The monoisotopic (exact) mass is 257 g/mol. The number of anilines is 1. The number of hydrogen-bond donors (Lipinski definition) is 4. The Morgan fingerprint density at radius 3 is 2.47 bits per heavy atom. The van der Waals surface area contributed by atoms with Gasteiger partial charge in [0.2, 0.25) is 16.0 Å². The lowest BCUT2D eigenvalue weighted by atomic mass is 10.3. The number of nitrogens with two attached hydrogens (primary N) is 2. The summed E-state index contributed by atoms with van der Waals surface area (Å²) in [6, 6.07) is 9.22. The van der Waals surface area contributed by atoms with Gasteiger partial charge in [0.05, 0.1) is 12.3 Å². The van der Waals surface area contributed by atoms with Gasteiger partial charge in [-0.1, -0.05) is 18.2 Å². The molecule has 94 valence electrons. The van der Waals surface area contributed by atoms with Crippen molar-refractivity contribution in [2.24, 2.45) is 16.0 Å². The number of sulfonamides is 1. The molecule has 0 aliphatic heterocycles. The van der Waals surface area contributed by atoms with Gasteiger partial charge in [-0.3, -0.25) is 10.4 Å². The van der Waals surface area contributed by atoms with Crippen LogP contribution in [0.1, 0.15) is 0 Å². The second kappa shape index (κ2) is 6.18. The number of hydrogen-bond acceptors (Lipinski definition) is 4. The third-order valence-corrected chi connectivity index (χ3v) is 2.57. The molecule has 0 saturated carbocycles. The SMILES string of the molecule is NNC(=NCCS(N)(=O)=O)Nc1ccccc1. The maximum absolute atomic E-state index is 10.7. The average Bonchev–Trinajstić information content (AvgIpc) is 2.27. The molecule has 0 radical (unpaired) electrons. The maximum atomic E-state index is 10.7. The fourth-order valence-corrected chi connectivity index (χ4v) is 1.41. The van der Waals surface area contributed by atoms with Crippen molar-refractivity contribution in [1.29, 1.82) is 0 Å². The third-order valence-electron chi connectivity index (χ3n) is 1.82. The quantitative estimate of drug-likeness (QED) is 0.243. The lowest BCUT2D eigenvalue weighted by Gasteiger charge is -2.08. The first-order valence-corrected chi connectivity index (χ1v) is 6.56. The van der Waals surface area contributed by atoms with Crippen molar-refractivity contribution in [2.45, 2.75) is 0 Å². The topological polar surface area (TPSA) is 123 Å². The summed E-state index contributed by atoms with van der Waals surface area (Å²) in [5.74, 6) is 5.30. The number of hydrazine groups is 1. The van der Waals surface area contributed by atoms with E-state index in [1.807, 2.05) is 30.3 Å². The maximum Gasteiger partial charge on any atom is 0.210 e. The molecule has 1 aromatic carbocycles. The Bertz CT molecular complexity index is 471. The van der Waals surface area contributed by atoms with Crippen LogP contribution in [0.2, 0.25) is 0 Å². The molecule has 0 atom stereocenters. The molecule has 0 aromatic heterocycles. The van der Waals surface area contributed by atoms with E-state index < -0.39 is 10.0 Å². The largest absolute Gasteiger partial charge is 0.325 e. The number of guanidine groups is 1. The summed E-state index contributed by atoms with van der Waals surface area (Å²) in [4.78, 5) is 3.93. The van der Waals surface area contributed by atoms with Crippen LogP contribution in [0, 0.1) is 0 Å². The van der Waals surface area contributed by atoms with Gasteiger partial charge < -0.3 is 5.32 Å². The van der Waals surface area contributed by atoms with Crippen LogP contribution >= 0.6 is 0 Å². The number of para-hydroxylation sites is 1.